The van der Waals surface area contributed by atoms with Crippen molar-refractivity contribution in [3.8, 4) is 0 Å². The zero-order valence-electron chi connectivity index (χ0n) is 31.2. The predicted octanol–water partition coefficient (Wildman–Crippen LogP) is 10.1. The van der Waals surface area contributed by atoms with Crippen LogP contribution in [0.2, 0.25) is 0 Å². The average Bonchev–Trinajstić information content (AvgIpc) is 3.09. The first-order chi connectivity index (χ1) is 23.8. The largest absolute Gasteiger partial charge is 0.472 e. The van der Waals surface area contributed by atoms with Gasteiger partial charge in [0.15, 0.2) is 0 Å². The third-order valence-corrected chi connectivity index (χ3v) is 9.00. The molecular weight excluding hydrogens is 643 g/mol. The molecule has 10 heteroatoms. The smallest absolute Gasteiger partial charge is 0.457 e. The van der Waals surface area contributed by atoms with Gasteiger partial charge in [0.05, 0.1) is 26.4 Å². The lowest BCUT2D eigenvalue weighted by atomic mass is 10.1. The molecule has 0 fully saturated rings. The number of aliphatic hydroxyl groups is 2. The van der Waals surface area contributed by atoms with Crippen molar-refractivity contribution >= 4 is 13.8 Å². The zero-order valence-corrected chi connectivity index (χ0v) is 32.1. The summed E-state index contributed by atoms with van der Waals surface area (Å²) in [5.41, 5.74) is 0. The van der Waals surface area contributed by atoms with Crippen LogP contribution >= 0.6 is 7.82 Å². The van der Waals surface area contributed by atoms with Gasteiger partial charge in [-0.05, 0) is 64.2 Å². The molecule has 0 heterocycles. The van der Waals surface area contributed by atoms with Crippen molar-refractivity contribution in [3.05, 3.63) is 36.5 Å². The van der Waals surface area contributed by atoms with E-state index in [2.05, 4.69) is 50.3 Å². The standard InChI is InChI=1S/C39H73O9P/c1-3-5-7-9-11-13-15-16-17-18-19-20-22-24-26-28-30-32-45-35-38(36-47-49(43,44)46-34-37(41)33-40)48-39(42)31-29-27-25-23-21-14-12-10-8-6-4-2/h10,12-13,15,17-18,37-38,40-41H,3-9,11,14,16,19-36H2,1-2H3,(H,43,44)/b12-10-,15-13-,18-17-. The first-order valence-electron chi connectivity index (χ1n) is 19.5. The number of hydrogen-bond donors (Lipinski definition) is 3. The first kappa shape index (κ1) is 47.7. The zero-order chi connectivity index (χ0) is 36.1. The molecule has 0 aliphatic carbocycles. The summed E-state index contributed by atoms with van der Waals surface area (Å²) in [5.74, 6) is -0.399. The highest BCUT2D eigenvalue weighted by molar-refractivity contribution is 7.47. The third kappa shape index (κ3) is 36.3. The summed E-state index contributed by atoms with van der Waals surface area (Å²) in [6, 6.07) is 0. The molecule has 0 amide bonds. The molecule has 0 bridgehead atoms. The minimum atomic E-state index is -4.51. The lowest BCUT2D eigenvalue weighted by Crippen LogP contribution is -2.29. The molecule has 3 N–H and O–H groups in total. The van der Waals surface area contributed by atoms with Gasteiger partial charge in [-0.2, -0.15) is 0 Å². The van der Waals surface area contributed by atoms with E-state index in [-0.39, 0.29) is 19.6 Å². The molecule has 3 atom stereocenters. The van der Waals surface area contributed by atoms with Gasteiger partial charge in [0.1, 0.15) is 12.2 Å². The van der Waals surface area contributed by atoms with Crippen LogP contribution in [0.3, 0.4) is 0 Å². The van der Waals surface area contributed by atoms with Gasteiger partial charge in [0.2, 0.25) is 0 Å². The molecule has 0 aromatic carbocycles. The van der Waals surface area contributed by atoms with Gasteiger partial charge >= 0.3 is 13.8 Å². The second-order valence-corrected chi connectivity index (χ2v) is 14.4. The molecule has 0 aromatic heterocycles. The van der Waals surface area contributed by atoms with Gasteiger partial charge in [0, 0.05) is 13.0 Å². The number of hydrogen-bond acceptors (Lipinski definition) is 8. The SMILES string of the molecule is CCCC/C=C\CCCCCCCC(=O)OC(COCCCCCCCC/C=C\C/C=C\CCCCCC)COP(=O)(O)OCC(O)CO. The molecule has 0 aromatic rings. The lowest BCUT2D eigenvalue weighted by molar-refractivity contribution is -0.154. The quantitative estimate of drug-likeness (QED) is 0.0249. The van der Waals surface area contributed by atoms with Crippen LogP contribution in [0.5, 0.6) is 0 Å². The summed E-state index contributed by atoms with van der Waals surface area (Å²) >= 11 is 0. The Hall–Kier alpha value is -1.32. The summed E-state index contributed by atoms with van der Waals surface area (Å²) < 4.78 is 33.2. The molecule has 0 spiro atoms. The maximum absolute atomic E-state index is 12.5. The highest BCUT2D eigenvalue weighted by Crippen LogP contribution is 2.43. The number of ether oxygens (including phenoxy) is 2. The molecule has 3 unspecified atom stereocenters. The Bertz CT molecular complexity index is 861. The highest BCUT2D eigenvalue weighted by atomic mass is 31.2. The van der Waals surface area contributed by atoms with Crippen LogP contribution in [-0.4, -0.2) is 66.3 Å². The minimum absolute atomic E-state index is 0.0388. The topological polar surface area (TPSA) is 132 Å². The van der Waals surface area contributed by atoms with Crippen molar-refractivity contribution in [2.45, 2.75) is 174 Å². The second kappa shape index (κ2) is 36.5. The normalized spacial score (nSPS) is 14.6. The van der Waals surface area contributed by atoms with Crippen molar-refractivity contribution in [3.63, 3.8) is 0 Å². The molecule has 0 radical (unpaired) electrons. The van der Waals surface area contributed by atoms with Gasteiger partial charge < -0.3 is 24.6 Å². The van der Waals surface area contributed by atoms with Crippen LogP contribution in [0, 0.1) is 0 Å². The third-order valence-electron chi connectivity index (χ3n) is 8.05. The van der Waals surface area contributed by atoms with E-state index < -0.39 is 39.2 Å². The lowest BCUT2D eigenvalue weighted by Gasteiger charge is -2.20. The number of phosphoric acid groups is 1. The summed E-state index contributed by atoms with van der Waals surface area (Å²) in [7, 11) is -4.51. The van der Waals surface area contributed by atoms with Crippen molar-refractivity contribution in [2.24, 2.45) is 0 Å². The van der Waals surface area contributed by atoms with E-state index in [4.69, 9.17) is 23.6 Å². The maximum Gasteiger partial charge on any atom is 0.472 e. The molecule has 0 aliphatic rings. The van der Waals surface area contributed by atoms with E-state index >= 15 is 0 Å². The fourth-order valence-corrected chi connectivity index (χ4v) is 5.80. The number of aliphatic hydroxyl groups excluding tert-OH is 2. The van der Waals surface area contributed by atoms with E-state index in [0.717, 1.165) is 70.6 Å². The summed E-state index contributed by atoms with van der Waals surface area (Å²) in [5, 5.41) is 18.3. The van der Waals surface area contributed by atoms with Crippen LogP contribution in [0.4, 0.5) is 0 Å². The van der Waals surface area contributed by atoms with E-state index in [1.807, 2.05) is 0 Å². The Morgan fingerprint density at radius 2 is 1.12 bits per heavy atom. The Morgan fingerprint density at radius 1 is 0.633 bits per heavy atom. The van der Waals surface area contributed by atoms with Gasteiger partial charge in [-0.1, -0.05) is 127 Å². The van der Waals surface area contributed by atoms with Crippen LogP contribution in [0.25, 0.3) is 0 Å². The van der Waals surface area contributed by atoms with Crippen LogP contribution in [-0.2, 0) is 27.9 Å². The molecular formula is C39H73O9P. The predicted molar refractivity (Wildman–Crippen MR) is 200 cm³/mol. The highest BCUT2D eigenvalue weighted by Gasteiger charge is 2.26. The Balaban J connectivity index is 4.23. The second-order valence-electron chi connectivity index (χ2n) is 12.9. The number of carbonyl (C=O) groups is 1. The van der Waals surface area contributed by atoms with Gasteiger partial charge in [-0.3, -0.25) is 13.8 Å². The molecule has 49 heavy (non-hydrogen) atoms. The molecule has 9 nitrogen and oxygen atoms in total. The molecule has 0 saturated carbocycles. The minimum Gasteiger partial charge on any atom is -0.457 e. The molecule has 0 rings (SSSR count). The van der Waals surface area contributed by atoms with Gasteiger partial charge in [-0.15, -0.1) is 0 Å². The maximum atomic E-state index is 12.5. The molecule has 0 saturated heterocycles. The van der Waals surface area contributed by atoms with Crippen molar-refractivity contribution in [2.75, 3.05) is 33.0 Å². The number of esters is 1. The number of unbranched alkanes of at least 4 members (excludes halogenated alkanes) is 17. The Kier molecular flexibility index (Phi) is 35.5. The molecule has 0 aliphatic heterocycles. The number of carbonyl (C=O) groups excluding carboxylic acids is 1. The molecule has 288 valence electrons. The van der Waals surface area contributed by atoms with E-state index in [0.29, 0.717) is 13.0 Å². The summed E-state index contributed by atoms with van der Waals surface area (Å²) in [6.07, 6.45) is 36.7. The number of phosphoric ester groups is 1. The van der Waals surface area contributed by atoms with E-state index in [1.165, 1.54) is 64.2 Å². The van der Waals surface area contributed by atoms with Crippen LogP contribution < -0.4 is 0 Å². The van der Waals surface area contributed by atoms with E-state index in [9.17, 15) is 19.4 Å². The average molecular weight is 717 g/mol. The summed E-state index contributed by atoms with van der Waals surface area (Å²) in [6.45, 7) is 3.41. The van der Waals surface area contributed by atoms with Crippen molar-refractivity contribution in [1.82, 2.24) is 0 Å². The number of rotatable bonds is 37. The number of allylic oxidation sites excluding steroid dienone is 6. The fourth-order valence-electron chi connectivity index (χ4n) is 5.01. The fraction of sp³-hybridized carbons (Fsp3) is 0.821. The van der Waals surface area contributed by atoms with Crippen LogP contribution in [0.1, 0.15) is 162 Å². The van der Waals surface area contributed by atoms with Gasteiger partial charge in [0.25, 0.3) is 0 Å². The monoisotopic (exact) mass is 716 g/mol. The van der Waals surface area contributed by atoms with Crippen molar-refractivity contribution in [1.29, 1.82) is 0 Å². The Labute approximate surface area is 299 Å². The summed E-state index contributed by atoms with van der Waals surface area (Å²) in [4.78, 5) is 22.4. The van der Waals surface area contributed by atoms with Crippen LogP contribution in [0.15, 0.2) is 36.5 Å². The first-order valence-corrected chi connectivity index (χ1v) is 21.0. The Morgan fingerprint density at radius 3 is 1.71 bits per heavy atom. The van der Waals surface area contributed by atoms with Gasteiger partial charge in [-0.25, -0.2) is 4.57 Å². The van der Waals surface area contributed by atoms with Crippen molar-refractivity contribution < 1.29 is 43.0 Å². The van der Waals surface area contributed by atoms with E-state index in [1.54, 1.807) is 0 Å².